The molecule has 6 heteroatoms. The predicted octanol–water partition coefficient (Wildman–Crippen LogP) is 14.9. The highest BCUT2D eigenvalue weighted by molar-refractivity contribution is 6.10. The number of hydrogen-bond acceptors (Lipinski definition) is 5. The summed E-state index contributed by atoms with van der Waals surface area (Å²) in [6.45, 7) is -5.12. The van der Waals surface area contributed by atoms with Crippen LogP contribution in [0.5, 0.6) is 23.0 Å². The molecule has 0 fully saturated rings. The van der Waals surface area contributed by atoms with E-state index in [0.29, 0.717) is 46.1 Å². The Morgan fingerprint density at radius 2 is 1.27 bits per heavy atom. The van der Waals surface area contributed by atoms with E-state index >= 15 is 0 Å². The van der Waals surface area contributed by atoms with Crippen molar-refractivity contribution >= 4 is 44.6 Å². The van der Waals surface area contributed by atoms with Gasteiger partial charge in [-0.05, 0) is 103 Å². The van der Waals surface area contributed by atoms with Crippen LogP contribution in [-0.2, 0) is 0 Å². The number of benzene rings is 8. The van der Waals surface area contributed by atoms with Gasteiger partial charge in [-0.15, -0.1) is 0 Å². The van der Waals surface area contributed by atoms with Crippen molar-refractivity contribution in [3.8, 4) is 62.2 Å². The number of anilines is 4. The van der Waals surface area contributed by atoms with E-state index in [0.717, 1.165) is 45.0 Å². The minimum atomic E-state index is -2.87. The number of aryl methyl sites for hydroxylation is 1. The molecule has 0 saturated carbocycles. The Morgan fingerprint density at radius 1 is 0.548 bits per heavy atom. The van der Waals surface area contributed by atoms with E-state index in [1.54, 1.807) is 36.4 Å². The Balaban J connectivity index is 1.13. The summed E-state index contributed by atoms with van der Waals surface area (Å²) in [7, 11) is 0. The number of pyridine rings is 1. The first-order valence-corrected chi connectivity index (χ1v) is 20.3. The van der Waals surface area contributed by atoms with Gasteiger partial charge in [0.05, 0.1) is 32.2 Å². The molecule has 62 heavy (non-hydrogen) atoms. The third-order valence-corrected chi connectivity index (χ3v) is 11.7. The smallest absolute Gasteiger partial charge is 0.137 e. The van der Waals surface area contributed by atoms with Crippen molar-refractivity contribution in [1.82, 2.24) is 9.55 Å². The molecule has 8 aromatic carbocycles. The third kappa shape index (κ3) is 5.91. The van der Waals surface area contributed by atoms with Gasteiger partial charge in [-0.2, -0.15) is 0 Å². The molecule has 0 amide bonds. The summed E-state index contributed by atoms with van der Waals surface area (Å²) in [6.07, 6.45) is 1.45. The molecule has 0 N–H and O–H groups in total. The Hall–Kier alpha value is -8.09. The van der Waals surface area contributed by atoms with Gasteiger partial charge in [-0.25, -0.2) is 4.98 Å². The topological polar surface area (TPSA) is 42.8 Å². The fourth-order valence-corrected chi connectivity index (χ4v) is 8.90. The molecule has 2 aromatic heterocycles. The van der Waals surface area contributed by atoms with Gasteiger partial charge >= 0.3 is 0 Å². The van der Waals surface area contributed by atoms with Crippen LogP contribution < -0.4 is 19.3 Å². The highest BCUT2D eigenvalue weighted by Gasteiger charge is 2.31. The Kier molecular flexibility index (Phi) is 6.36. The lowest BCUT2D eigenvalue weighted by Crippen LogP contribution is -2.25. The second-order valence-electron chi connectivity index (χ2n) is 15.4. The number of para-hydroxylation sites is 4. The summed E-state index contributed by atoms with van der Waals surface area (Å²) in [5.41, 5.74) is 8.28. The fraction of sp³-hybridized carbons (Fsp3) is 0.0536. The van der Waals surface area contributed by atoms with Crippen molar-refractivity contribution in [3.63, 3.8) is 0 Å². The Labute approximate surface area is 372 Å². The van der Waals surface area contributed by atoms with E-state index in [9.17, 15) is 2.74 Å². The van der Waals surface area contributed by atoms with E-state index in [4.69, 9.17) is 24.1 Å². The van der Waals surface area contributed by atoms with Gasteiger partial charge < -0.3 is 19.3 Å². The first-order chi connectivity index (χ1) is 34.2. The van der Waals surface area contributed by atoms with Crippen LogP contribution in [0.15, 0.2) is 194 Å². The quantitative estimate of drug-likeness (QED) is 0.165. The summed E-state index contributed by atoms with van der Waals surface area (Å²) in [4.78, 5) is 9.44. The van der Waals surface area contributed by atoms with Gasteiger partial charge in [-0.3, -0.25) is 4.57 Å². The summed E-state index contributed by atoms with van der Waals surface area (Å²) in [6, 6.07) is 52.7. The summed E-state index contributed by atoms with van der Waals surface area (Å²) in [5.74, 6) is 1.84. The highest BCUT2D eigenvalue weighted by atomic mass is 16.5. The van der Waals surface area contributed by atoms with E-state index < -0.39 is 37.4 Å². The lowest BCUT2D eigenvalue weighted by molar-refractivity contribution is 0.483. The van der Waals surface area contributed by atoms with Crippen LogP contribution in [0.25, 0.3) is 61.0 Å². The molecule has 0 unspecified atom stereocenters. The zero-order chi connectivity index (χ0) is 48.9. The Bertz CT molecular complexity index is 3800. The van der Waals surface area contributed by atoms with Crippen LogP contribution >= 0.6 is 0 Å². The number of nitrogens with zero attached hydrogens (tertiary/aromatic N) is 4. The average Bonchev–Trinajstić information content (AvgIpc) is 3.92. The molecule has 3 aliphatic heterocycles. The van der Waals surface area contributed by atoms with Crippen LogP contribution in [0.3, 0.4) is 0 Å². The van der Waals surface area contributed by atoms with E-state index in [1.807, 2.05) is 78.9 Å². The predicted molar refractivity (Wildman–Crippen MR) is 253 cm³/mol. The van der Waals surface area contributed by atoms with Gasteiger partial charge in [0.15, 0.2) is 0 Å². The van der Waals surface area contributed by atoms with Crippen LogP contribution in [-0.4, -0.2) is 16.2 Å². The van der Waals surface area contributed by atoms with Gasteiger partial charge in [0, 0.05) is 65.3 Å². The number of fused-ring (bicyclic) bond motifs is 5. The minimum Gasteiger partial charge on any atom is -0.457 e. The molecule has 10 aromatic rings. The molecule has 0 spiro atoms. The molecule has 296 valence electrons. The normalized spacial score (nSPS) is 15.3. The average molecular weight is 810 g/mol. The molecule has 0 saturated heterocycles. The zero-order valence-corrected chi connectivity index (χ0v) is 33.1. The third-order valence-electron chi connectivity index (χ3n) is 11.7. The summed E-state index contributed by atoms with van der Waals surface area (Å²) in [5, 5.41) is 0.500. The van der Waals surface area contributed by atoms with Crippen molar-refractivity contribution in [2.24, 2.45) is 0 Å². The molecule has 13 rings (SSSR count). The number of aromatic nitrogens is 2. The van der Waals surface area contributed by atoms with Crippen molar-refractivity contribution in [2.75, 3.05) is 16.5 Å². The number of rotatable bonds is 1. The fourth-order valence-electron chi connectivity index (χ4n) is 8.90. The van der Waals surface area contributed by atoms with Gasteiger partial charge in [0.2, 0.25) is 0 Å². The molecule has 0 radical (unpaired) electrons. The highest BCUT2D eigenvalue weighted by Crippen LogP contribution is 2.51. The van der Waals surface area contributed by atoms with Crippen LogP contribution in [0.4, 0.5) is 22.7 Å². The molecular weight excluding hydrogens is 761 g/mol. The van der Waals surface area contributed by atoms with Gasteiger partial charge in [0.1, 0.15) is 35.5 Å². The van der Waals surface area contributed by atoms with Crippen molar-refractivity contribution in [3.05, 3.63) is 205 Å². The van der Waals surface area contributed by atoms with Crippen LogP contribution in [0.2, 0.25) is 0 Å². The first-order valence-electron chi connectivity index (χ1n) is 24.8. The molecule has 0 aliphatic carbocycles. The second kappa shape index (κ2) is 14.3. The van der Waals surface area contributed by atoms with Gasteiger partial charge in [-0.1, -0.05) is 109 Å². The second-order valence-corrected chi connectivity index (χ2v) is 15.4. The molecular formula is C56H40N4O2. The largest absolute Gasteiger partial charge is 0.457 e. The molecule has 10 bridgehead atoms. The van der Waals surface area contributed by atoms with Crippen molar-refractivity contribution in [2.45, 2.75) is 13.7 Å². The number of hydrogen-bond donors (Lipinski definition) is 0. The van der Waals surface area contributed by atoms with E-state index in [1.165, 1.54) is 16.8 Å². The molecule has 0 atom stereocenters. The van der Waals surface area contributed by atoms with E-state index in [2.05, 4.69) is 58.3 Å². The lowest BCUT2D eigenvalue weighted by Gasteiger charge is -2.27. The maximum Gasteiger partial charge on any atom is 0.137 e. The van der Waals surface area contributed by atoms with Crippen molar-refractivity contribution in [1.29, 1.82) is 0 Å². The standard InChI is InChI=1S/C56H40N4O2/c1-36-25-28-50-48(29-36)46-27-26-43-33-53(46)60(50)55-30-37(2)49(34-57-55)47-19-6-9-24-54(47)62-41-17-10-15-39(31-41)45-21-12-20-44(38-13-4-3-5-14-38)56(45)59-35-58(51-22-7-8-23-52(51)59)40-16-11-18-42(32-40)61-43/h3-34H,35H2,1-2H3/i1D3,2D3,25D,28D,29D. The van der Waals surface area contributed by atoms with E-state index in [-0.39, 0.29) is 27.8 Å². The molecule has 6 nitrogen and oxygen atoms in total. The maximum absolute atomic E-state index is 9.30. The first kappa shape index (κ1) is 27.6. The maximum atomic E-state index is 9.30. The lowest BCUT2D eigenvalue weighted by atomic mass is 9.94. The van der Waals surface area contributed by atoms with Crippen molar-refractivity contribution < 1.29 is 21.8 Å². The number of ether oxygens (including phenoxy) is 2. The van der Waals surface area contributed by atoms with Crippen LogP contribution in [0, 0.1) is 13.7 Å². The minimum absolute atomic E-state index is 0.0293. The summed E-state index contributed by atoms with van der Waals surface area (Å²) < 4.78 is 93.9. The summed E-state index contributed by atoms with van der Waals surface area (Å²) >= 11 is 0. The zero-order valence-electron chi connectivity index (χ0n) is 42.1. The SMILES string of the molecule is [2H]c1c(C([2H])([2H])[2H])c([2H])c2c3ccc4cc3n(c2c1[2H])-c1cc(C([2H])([2H])[2H])c(cn1)-c1ccccc1Oc1cccc(c1)-c1cccc(-c2ccccc2)c1N1CN(c2cccc(c2)O4)c2ccccc21. The Morgan fingerprint density at radius 3 is 2.15 bits per heavy atom. The monoisotopic (exact) mass is 809 g/mol. The molecule has 3 aliphatic rings. The molecule has 5 heterocycles. The van der Waals surface area contributed by atoms with Gasteiger partial charge in [0.25, 0.3) is 0 Å². The van der Waals surface area contributed by atoms with Crippen LogP contribution in [0.1, 0.15) is 23.5 Å².